The second kappa shape index (κ2) is 8.94. The average Bonchev–Trinajstić information content (AvgIpc) is 3.41. The van der Waals surface area contributed by atoms with Crippen molar-refractivity contribution in [2.75, 3.05) is 19.0 Å². The number of benzene rings is 1. The highest BCUT2D eigenvalue weighted by Gasteiger charge is 2.30. The van der Waals surface area contributed by atoms with Crippen LogP contribution in [0.4, 0.5) is 5.95 Å². The van der Waals surface area contributed by atoms with Gasteiger partial charge in [-0.3, -0.25) is 9.59 Å². The Morgan fingerprint density at radius 2 is 2.06 bits per heavy atom. The molecule has 2 atom stereocenters. The van der Waals surface area contributed by atoms with Crippen LogP contribution in [-0.4, -0.2) is 61.8 Å². The van der Waals surface area contributed by atoms with Gasteiger partial charge in [0, 0.05) is 6.04 Å². The fraction of sp³-hybridized carbons (Fsp3) is 0.400. The molecule has 0 bridgehead atoms. The van der Waals surface area contributed by atoms with Gasteiger partial charge in [0.05, 0.1) is 37.9 Å². The van der Waals surface area contributed by atoms with Gasteiger partial charge in [-0.25, -0.2) is 4.98 Å². The molecule has 11 nitrogen and oxygen atoms in total. The van der Waals surface area contributed by atoms with Gasteiger partial charge in [-0.2, -0.15) is 9.67 Å². The number of carboxylic acid groups (broad SMARTS) is 1. The molecule has 0 radical (unpaired) electrons. The summed E-state index contributed by atoms with van der Waals surface area (Å²) in [6, 6.07) is 7.18. The maximum Gasteiger partial charge on any atom is 0.308 e. The first kappa shape index (κ1) is 20.5. The van der Waals surface area contributed by atoms with E-state index >= 15 is 0 Å². The Morgan fingerprint density at radius 3 is 2.77 bits per heavy atom. The Kier molecular flexibility index (Phi) is 5.92. The van der Waals surface area contributed by atoms with Crippen LogP contribution in [0.1, 0.15) is 25.7 Å². The minimum Gasteiger partial charge on any atom is -0.493 e. The Morgan fingerprint density at radius 1 is 1.26 bits per heavy atom. The van der Waals surface area contributed by atoms with E-state index in [0.29, 0.717) is 35.7 Å². The van der Waals surface area contributed by atoms with Crippen molar-refractivity contribution in [1.29, 1.82) is 0 Å². The summed E-state index contributed by atoms with van der Waals surface area (Å²) in [5.41, 5.74) is 1.81. The number of carboxylic acids is 1. The lowest BCUT2D eigenvalue weighted by Crippen LogP contribution is -2.19. The molecule has 11 heteroatoms. The summed E-state index contributed by atoms with van der Waals surface area (Å²) >= 11 is 0. The number of nitrogens with zero attached hydrogens (tertiary/aromatic N) is 5. The molecule has 0 spiro atoms. The summed E-state index contributed by atoms with van der Waals surface area (Å²) < 4.78 is 11.7. The number of aromatic nitrogens is 5. The number of anilines is 1. The fourth-order valence-corrected chi connectivity index (χ4v) is 3.53. The standard InChI is InChI=1S/C20H22N6O5/c1-30-17(27)8-9-31-15-6-4-14(5-7-15)26-18-16(24-25-26)11-21-20(23-18)22-13-3-2-12(10-13)19(28)29/h4-7,11-13H,2-3,8-10H2,1H3,(H,28,29)(H,21,22,23)/t12-,13-/m1/s1. The van der Waals surface area contributed by atoms with Crippen molar-refractivity contribution in [3.8, 4) is 11.4 Å². The summed E-state index contributed by atoms with van der Waals surface area (Å²) in [7, 11) is 1.34. The van der Waals surface area contributed by atoms with E-state index in [1.807, 2.05) is 12.1 Å². The molecule has 1 aliphatic rings. The van der Waals surface area contributed by atoms with Crippen molar-refractivity contribution in [1.82, 2.24) is 25.0 Å². The minimum atomic E-state index is -0.763. The Bertz CT molecular complexity index is 1080. The number of ether oxygens (including phenoxy) is 2. The highest BCUT2D eigenvalue weighted by molar-refractivity contribution is 5.72. The minimum absolute atomic E-state index is 0.0179. The number of fused-ring (bicyclic) bond motifs is 1. The molecule has 0 aliphatic heterocycles. The first-order valence-electron chi connectivity index (χ1n) is 9.91. The van der Waals surface area contributed by atoms with Crippen molar-refractivity contribution in [3.63, 3.8) is 0 Å². The SMILES string of the molecule is COC(=O)CCOc1ccc(-n2nnc3cnc(N[C@@H]4CC[C@@H](C(=O)O)C4)nc32)cc1. The van der Waals surface area contributed by atoms with E-state index in [2.05, 4.69) is 30.3 Å². The zero-order valence-corrected chi connectivity index (χ0v) is 16.9. The van der Waals surface area contributed by atoms with Crippen molar-refractivity contribution in [2.45, 2.75) is 31.7 Å². The third-order valence-corrected chi connectivity index (χ3v) is 5.19. The van der Waals surface area contributed by atoms with E-state index in [-0.39, 0.29) is 31.0 Å². The van der Waals surface area contributed by atoms with E-state index in [0.717, 1.165) is 12.1 Å². The zero-order chi connectivity index (χ0) is 21.8. The van der Waals surface area contributed by atoms with Crippen LogP contribution in [0.15, 0.2) is 30.5 Å². The number of esters is 1. The number of methoxy groups -OCH3 is 1. The summed E-state index contributed by atoms with van der Waals surface area (Å²) in [6.07, 6.45) is 3.71. The second-order valence-corrected chi connectivity index (χ2v) is 7.26. The lowest BCUT2D eigenvalue weighted by molar-refractivity contribution is -0.142. The van der Waals surface area contributed by atoms with Gasteiger partial charge in [0.25, 0.3) is 0 Å². The molecular formula is C20H22N6O5. The third-order valence-electron chi connectivity index (χ3n) is 5.19. The molecular weight excluding hydrogens is 404 g/mol. The van der Waals surface area contributed by atoms with Crippen LogP contribution < -0.4 is 10.1 Å². The molecule has 0 unspecified atom stereocenters. The normalized spacial score (nSPS) is 18.1. The lowest BCUT2D eigenvalue weighted by atomic mass is 10.1. The number of hydrogen-bond acceptors (Lipinski definition) is 9. The molecule has 0 saturated heterocycles. The van der Waals surface area contributed by atoms with E-state index < -0.39 is 5.97 Å². The summed E-state index contributed by atoms with van der Waals surface area (Å²) in [5.74, 6) is -0.397. The van der Waals surface area contributed by atoms with Crippen LogP contribution in [-0.2, 0) is 14.3 Å². The smallest absolute Gasteiger partial charge is 0.308 e. The first-order chi connectivity index (χ1) is 15.0. The number of nitrogens with one attached hydrogen (secondary N) is 1. The van der Waals surface area contributed by atoms with Gasteiger partial charge in [-0.1, -0.05) is 5.21 Å². The molecule has 3 aromatic rings. The predicted molar refractivity (Wildman–Crippen MR) is 109 cm³/mol. The lowest BCUT2D eigenvalue weighted by Gasteiger charge is -2.12. The number of rotatable bonds is 8. The van der Waals surface area contributed by atoms with Crippen molar-refractivity contribution in [2.24, 2.45) is 5.92 Å². The topological polar surface area (TPSA) is 141 Å². The fourth-order valence-electron chi connectivity index (χ4n) is 3.53. The van der Waals surface area contributed by atoms with Gasteiger partial charge in [0.1, 0.15) is 5.75 Å². The van der Waals surface area contributed by atoms with E-state index in [9.17, 15) is 9.59 Å². The maximum absolute atomic E-state index is 11.2. The summed E-state index contributed by atoms with van der Waals surface area (Å²) in [6.45, 7) is 0.227. The van der Waals surface area contributed by atoms with Gasteiger partial charge >= 0.3 is 11.9 Å². The number of carbonyl (C=O) groups is 2. The van der Waals surface area contributed by atoms with Gasteiger partial charge in [0.15, 0.2) is 11.2 Å². The van der Waals surface area contributed by atoms with Crippen molar-refractivity contribution < 1.29 is 24.2 Å². The van der Waals surface area contributed by atoms with Crippen LogP contribution in [0.5, 0.6) is 5.75 Å². The molecule has 2 heterocycles. The Labute approximate surface area is 177 Å². The van der Waals surface area contributed by atoms with Crippen LogP contribution in [0.3, 0.4) is 0 Å². The zero-order valence-electron chi connectivity index (χ0n) is 16.9. The molecule has 4 rings (SSSR count). The quantitative estimate of drug-likeness (QED) is 0.512. The van der Waals surface area contributed by atoms with E-state index in [1.165, 1.54) is 7.11 Å². The molecule has 1 aromatic carbocycles. The van der Waals surface area contributed by atoms with Crippen LogP contribution in [0.2, 0.25) is 0 Å². The molecule has 162 valence electrons. The van der Waals surface area contributed by atoms with Crippen molar-refractivity contribution >= 4 is 29.1 Å². The molecule has 2 aromatic heterocycles. The van der Waals surface area contributed by atoms with Gasteiger partial charge in [0.2, 0.25) is 5.95 Å². The van der Waals surface area contributed by atoms with Gasteiger partial charge < -0.3 is 19.9 Å². The largest absolute Gasteiger partial charge is 0.493 e. The third kappa shape index (κ3) is 4.71. The van der Waals surface area contributed by atoms with Gasteiger partial charge in [-0.05, 0) is 43.5 Å². The highest BCUT2D eigenvalue weighted by Crippen LogP contribution is 2.28. The van der Waals surface area contributed by atoms with E-state index in [1.54, 1.807) is 23.0 Å². The monoisotopic (exact) mass is 426 g/mol. The Balaban J connectivity index is 1.46. The molecule has 1 fully saturated rings. The number of hydrogen-bond donors (Lipinski definition) is 2. The summed E-state index contributed by atoms with van der Waals surface area (Å²) in [4.78, 5) is 31.1. The Hall–Kier alpha value is -3.76. The number of aliphatic carboxylic acids is 1. The molecule has 2 N–H and O–H groups in total. The molecule has 1 saturated carbocycles. The second-order valence-electron chi connectivity index (χ2n) is 7.26. The molecule has 31 heavy (non-hydrogen) atoms. The molecule has 0 amide bonds. The van der Waals surface area contributed by atoms with Crippen LogP contribution >= 0.6 is 0 Å². The molecule has 1 aliphatic carbocycles. The predicted octanol–water partition coefficient (Wildman–Crippen LogP) is 1.82. The van der Waals surface area contributed by atoms with Gasteiger partial charge in [-0.15, -0.1) is 5.10 Å². The number of carbonyl (C=O) groups excluding carboxylic acids is 1. The van der Waals surface area contributed by atoms with Crippen LogP contribution in [0.25, 0.3) is 16.9 Å². The highest BCUT2D eigenvalue weighted by atomic mass is 16.5. The van der Waals surface area contributed by atoms with Crippen LogP contribution in [0, 0.1) is 5.92 Å². The first-order valence-corrected chi connectivity index (χ1v) is 9.91. The average molecular weight is 426 g/mol. The van der Waals surface area contributed by atoms with E-state index in [4.69, 9.17) is 9.84 Å². The maximum atomic E-state index is 11.2. The summed E-state index contributed by atoms with van der Waals surface area (Å²) in [5, 5.41) is 20.6. The van der Waals surface area contributed by atoms with Crippen molar-refractivity contribution in [3.05, 3.63) is 30.5 Å².